The van der Waals surface area contributed by atoms with E-state index in [4.69, 9.17) is 16.3 Å². The number of nitrogens with one attached hydrogen (secondary N) is 1. The lowest BCUT2D eigenvalue weighted by atomic mass is 9.99. The van der Waals surface area contributed by atoms with Crippen molar-refractivity contribution in [2.24, 2.45) is 7.05 Å². The zero-order chi connectivity index (χ0) is 22.0. The number of carbonyl (C=O) groups is 1. The van der Waals surface area contributed by atoms with Gasteiger partial charge < -0.3 is 19.7 Å². The highest BCUT2D eigenvalue weighted by atomic mass is 35.5. The molecule has 1 heterocycles. The Morgan fingerprint density at radius 2 is 1.90 bits per heavy atom. The van der Waals surface area contributed by atoms with Crippen LogP contribution in [0.15, 0.2) is 72.9 Å². The molecule has 1 unspecified atom stereocenters. The number of nitrogens with zero attached hydrogens (tertiary/aromatic N) is 1. The van der Waals surface area contributed by atoms with Gasteiger partial charge in [-0.1, -0.05) is 48.0 Å². The fourth-order valence-corrected chi connectivity index (χ4v) is 3.95. The zero-order valence-corrected chi connectivity index (χ0v) is 18.1. The molecule has 2 N–H and O–H groups in total. The molecule has 158 valence electrons. The zero-order valence-electron chi connectivity index (χ0n) is 17.3. The molecule has 0 saturated carbocycles. The summed E-state index contributed by atoms with van der Waals surface area (Å²) in [5.74, 6) is -0.203. The number of hydrogen-bond donors (Lipinski definition) is 2. The van der Waals surface area contributed by atoms with Crippen LogP contribution in [0.4, 0.5) is 5.69 Å². The maximum absolute atomic E-state index is 12.6. The summed E-state index contributed by atoms with van der Waals surface area (Å²) in [6, 6.07) is 21.0. The van der Waals surface area contributed by atoms with E-state index in [1.165, 1.54) is 7.11 Å². The van der Waals surface area contributed by atoms with Gasteiger partial charge in [0.05, 0.1) is 17.1 Å². The van der Waals surface area contributed by atoms with Crippen LogP contribution in [0.5, 0.6) is 0 Å². The summed E-state index contributed by atoms with van der Waals surface area (Å²) in [6.07, 6.45) is 1.01. The van der Waals surface area contributed by atoms with Gasteiger partial charge in [-0.15, -0.1) is 0 Å². The van der Waals surface area contributed by atoms with Crippen LogP contribution in [-0.4, -0.2) is 22.7 Å². The van der Waals surface area contributed by atoms with Crippen molar-refractivity contribution in [3.8, 4) is 11.1 Å². The lowest BCUT2D eigenvalue weighted by Gasteiger charge is -2.18. The summed E-state index contributed by atoms with van der Waals surface area (Å²) in [4.78, 5) is 12.6. The van der Waals surface area contributed by atoms with Crippen molar-refractivity contribution in [2.45, 2.75) is 12.7 Å². The normalized spacial score (nSPS) is 12.1. The summed E-state index contributed by atoms with van der Waals surface area (Å²) in [6.45, 7) is 0. The Hall–Kier alpha value is -3.12. The van der Waals surface area contributed by atoms with Crippen LogP contribution in [0, 0.1) is 0 Å². The van der Waals surface area contributed by atoms with Crippen LogP contribution < -0.4 is 5.32 Å². The molecular weight excluding hydrogens is 412 g/mol. The third kappa shape index (κ3) is 4.49. The van der Waals surface area contributed by atoms with Gasteiger partial charge in [0, 0.05) is 42.4 Å². The van der Waals surface area contributed by atoms with E-state index in [0.717, 1.165) is 27.6 Å². The number of ether oxygens (including phenoxy) is 1. The smallest absolute Gasteiger partial charge is 0.228 e. The van der Waals surface area contributed by atoms with Gasteiger partial charge in [-0.2, -0.15) is 0 Å². The van der Waals surface area contributed by atoms with Gasteiger partial charge in [0.15, 0.2) is 6.29 Å². The van der Waals surface area contributed by atoms with Crippen molar-refractivity contribution in [1.82, 2.24) is 4.57 Å². The number of rotatable bonds is 6. The first-order valence-electron chi connectivity index (χ1n) is 9.90. The van der Waals surface area contributed by atoms with E-state index in [9.17, 15) is 9.90 Å². The summed E-state index contributed by atoms with van der Waals surface area (Å²) in [5.41, 5.74) is 4.53. The minimum atomic E-state index is -1.21. The second-order valence-corrected chi connectivity index (χ2v) is 7.83. The minimum absolute atomic E-state index is 0.203. The molecule has 6 heteroatoms. The fourth-order valence-electron chi connectivity index (χ4n) is 3.68. The quantitative estimate of drug-likeness (QED) is 0.404. The molecule has 0 radical (unpaired) electrons. The number of fused-ring (bicyclic) bond motifs is 1. The first-order chi connectivity index (χ1) is 15.0. The van der Waals surface area contributed by atoms with Crippen LogP contribution in [0.1, 0.15) is 17.4 Å². The predicted octanol–water partition coefficient (Wildman–Crippen LogP) is 5.32. The SMILES string of the molecule is COC(O)c1cc(-c2ccc3c(ccn3C)c2)c(Cl)cc1NC(=O)Cc1ccccc1. The molecule has 1 atom stereocenters. The van der Waals surface area contributed by atoms with Crippen LogP contribution >= 0.6 is 11.6 Å². The molecule has 1 aromatic heterocycles. The first kappa shape index (κ1) is 21.1. The molecule has 0 bridgehead atoms. The summed E-state index contributed by atoms with van der Waals surface area (Å²) in [5, 5.41) is 14.8. The largest absolute Gasteiger partial charge is 0.364 e. The van der Waals surface area contributed by atoms with Crippen molar-refractivity contribution in [1.29, 1.82) is 0 Å². The molecule has 0 spiro atoms. The molecule has 3 aromatic carbocycles. The number of carbonyl (C=O) groups excluding carboxylic acids is 1. The molecule has 0 saturated heterocycles. The van der Waals surface area contributed by atoms with Gasteiger partial charge in [-0.3, -0.25) is 4.79 Å². The van der Waals surface area contributed by atoms with Gasteiger partial charge in [0.25, 0.3) is 0 Å². The van der Waals surface area contributed by atoms with E-state index >= 15 is 0 Å². The van der Waals surface area contributed by atoms with Gasteiger partial charge in [-0.05, 0) is 41.5 Å². The predicted molar refractivity (Wildman–Crippen MR) is 124 cm³/mol. The Bertz CT molecular complexity index is 1230. The van der Waals surface area contributed by atoms with Crippen molar-refractivity contribution >= 4 is 34.1 Å². The Balaban J connectivity index is 1.69. The number of aryl methyl sites for hydroxylation is 1. The maximum Gasteiger partial charge on any atom is 0.228 e. The number of methoxy groups -OCH3 is 1. The van der Waals surface area contributed by atoms with Crippen LogP contribution in [0.2, 0.25) is 5.02 Å². The number of benzene rings is 3. The molecule has 0 aliphatic carbocycles. The molecule has 0 aliphatic heterocycles. The van der Waals surface area contributed by atoms with Crippen LogP contribution in [-0.2, 0) is 23.0 Å². The average Bonchev–Trinajstić information content (AvgIpc) is 3.14. The molecule has 1 amide bonds. The minimum Gasteiger partial charge on any atom is -0.364 e. The number of halogens is 1. The lowest BCUT2D eigenvalue weighted by molar-refractivity contribution is -0.115. The van der Waals surface area contributed by atoms with E-state index < -0.39 is 6.29 Å². The first-order valence-corrected chi connectivity index (χ1v) is 10.3. The lowest BCUT2D eigenvalue weighted by Crippen LogP contribution is -2.17. The highest BCUT2D eigenvalue weighted by Gasteiger charge is 2.18. The maximum atomic E-state index is 12.6. The van der Waals surface area contributed by atoms with Crippen LogP contribution in [0.25, 0.3) is 22.0 Å². The average molecular weight is 435 g/mol. The van der Waals surface area contributed by atoms with Gasteiger partial charge >= 0.3 is 0 Å². The second kappa shape index (κ2) is 8.94. The van der Waals surface area contributed by atoms with E-state index in [1.54, 1.807) is 12.1 Å². The Morgan fingerprint density at radius 1 is 1.13 bits per heavy atom. The summed E-state index contributed by atoms with van der Waals surface area (Å²) >= 11 is 6.60. The number of aliphatic hydroxyl groups is 1. The third-order valence-corrected chi connectivity index (χ3v) is 5.62. The van der Waals surface area contributed by atoms with E-state index in [2.05, 4.69) is 5.32 Å². The topological polar surface area (TPSA) is 63.5 Å². The van der Waals surface area contributed by atoms with Crippen molar-refractivity contribution in [3.05, 3.63) is 89.1 Å². The Kier molecular flexibility index (Phi) is 6.09. The van der Waals surface area contributed by atoms with E-state index in [0.29, 0.717) is 16.3 Å². The number of anilines is 1. The summed E-state index contributed by atoms with van der Waals surface area (Å²) in [7, 11) is 3.40. The van der Waals surface area contributed by atoms with E-state index in [-0.39, 0.29) is 12.3 Å². The van der Waals surface area contributed by atoms with Gasteiger partial charge in [0.1, 0.15) is 0 Å². The van der Waals surface area contributed by atoms with Gasteiger partial charge in [-0.25, -0.2) is 0 Å². The third-order valence-electron chi connectivity index (χ3n) is 5.31. The number of aliphatic hydroxyl groups excluding tert-OH is 1. The Morgan fingerprint density at radius 3 is 2.65 bits per heavy atom. The van der Waals surface area contributed by atoms with Crippen molar-refractivity contribution < 1.29 is 14.6 Å². The molecule has 31 heavy (non-hydrogen) atoms. The number of hydrogen-bond acceptors (Lipinski definition) is 3. The van der Waals surface area contributed by atoms with Crippen molar-refractivity contribution in [3.63, 3.8) is 0 Å². The van der Waals surface area contributed by atoms with E-state index in [1.807, 2.05) is 72.4 Å². The monoisotopic (exact) mass is 434 g/mol. The summed E-state index contributed by atoms with van der Waals surface area (Å²) < 4.78 is 7.19. The molecule has 5 nitrogen and oxygen atoms in total. The molecule has 4 rings (SSSR count). The molecule has 0 aliphatic rings. The number of aromatic nitrogens is 1. The molecule has 4 aromatic rings. The fraction of sp³-hybridized carbons (Fsp3) is 0.160. The second-order valence-electron chi connectivity index (χ2n) is 7.42. The van der Waals surface area contributed by atoms with Crippen LogP contribution in [0.3, 0.4) is 0 Å². The van der Waals surface area contributed by atoms with Gasteiger partial charge in [0.2, 0.25) is 5.91 Å². The van der Waals surface area contributed by atoms with Crippen molar-refractivity contribution in [2.75, 3.05) is 12.4 Å². The standard InChI is InChI=1S/C25H23ClN2O3/c1-28-11-10-18-13-17(8-9-23(18)28)19-14-20(25(30)31-2)22(15-21(19)26)27-24(29)12-16-6-4-3-5-7-16/h3-11,13-15,25,30H,12H2,1-2H3,(H,27,29). The highest BCUT2D eigenvalue weighted by Crippen LogP contribution is 2.37. The molecular formula is C25H23ClN2O3. The molecule has 0 fully saturated rings. The highest BCUT2D eigenvalue weighted by molar-refractivity contribution is 6.33. The number of amides is 1. The Labute approximate surface area is 185 Å².